The average Bonchev–Trinajstić information content (AvgIpc) is 3.52. The summed E-state index contributed by atoms with van der Waals surface area (Å²) < 4.78 is 1.88. The Balaban J connectivity index is 1.79. The number of hydrogen-bond acceptors (Lipinski definition) is 6. The molecule has 35 heavy (non-hydrogen) atoms. The zero-order valence-electron chi connectivity index (χ0n) is 20.8. The second-order valence-electron chi connectivity index (χ2n) is 8.96. The summed E-state index contributed by atoms with van der Waals surface area (Å²) in [4.78, 5) is 37.9. The minimum atomic E-state index is -0.346. The van der Waals surface area contributed by atoms with Gasteiger partial charge >= 0.3 is 0 Å². The molecule has 7 nitrogen and oxygen atoms in total. The van der Waals surface area contributed by atoms with Crippen molar-refractivity contribution < 1.29 is 4.79 Å². The highest BCUT2D eigenvalue weighted by Crippen LogP contribution is 2.31. The van der Waals surface area contributed by atoms with E-state index in [0.717, 1.165) is 74.7 Å². The molecule has 1 aliphatic rings. The van der Waals surface area contributed by atoms with Crippen molar-refractivity contribution in [3.63, 3.8) is 0 Å². The quantitative estimate of drug-likeness (QED) is 0.421. The van der Waals surface area contributed by atoms with Crippen LogP contribution in [0.1, 0.15) is 60.5 Å². The number of carbonyl (C=O) groups excluding carboxylic acids is 1. The van der Waals surface area contributed by atoms with Crippen molar-refractivity contribution in [2.45, 2.75) is 39.5 Å². The van der Waals surface area contributed by atoms with Crippen LogP contribution in [0.3, 0.4) is 0 Å². The first-order valence-electron chi connectivity index (χ1n) is 12.6. The van der Waals surface area contributed by atoms with Crippen LogP contribution in [0.25, 0.3) is 28.0 Å². The SMILES string of the molecule is C=Cc1sc2c(C(=O)NCCN(CCC)CCC)c(=O)c3cc(N4CCCC4)cnc3n2c1C=C. The lowest BCUT2D eigenvalue weighted by molar-refractivity contribution is 0.0949. The normalized spacial score (nSPS) is 13.7. The molecule has 0 unspecified atom stereocenters. The second-order valence-corrected chi connectivity index (χ2v) is 9.99. The van der Waals surface area contributed by atoms with E-state index in [1.807, 2.05) is 16.7 Å². The maximum atomic E-state index is 13.8. The number of anilines is 1. The van der Waals surface area contributed by atoms with Crippen molar-refractivity contribution in [1.82, 2.24) is 19.6 Å². The van der Waals surface area contributed by atoms with E-state index in [2.05, 4.69) is 42.1 Å². The summed E-state index contributed by atoms with van der Waals surface area (Å²) in [5, 5.41) is 3.46. The second kappa shape index (κ2) is 11.2. The first-order chi connectivity index (χ1) is 17.0. The Kier molecular flexibility index (Phi) is 8.03. The largest absolute Gasteiger partial charge is 0.370 e. The van der Waals surface area contributed by atoms with Crippen LogP contribution in [0.15, 0.2) is 30.2 Å². The van der Waals surface area contributed by atoms with Gasteiger partial charge in [-0.05, 0) is 57.0 Å². The van der Waals surface area contributed by atoms with E-state index >= 15 is 0 Å². The van der Waals surface area contributed by atoms with E-state index in [4.69, 9.17) is 4.98 Å². The Bertz CT molecular complexity index is 1300. The third kappa shape index (κ3) is 4.90. The Morgan fingerprint density at radius 1 is 1.17 bits per heavy atom. The number of nitrogens with zero attached hydrogens (tertiary/aromatic N) is 4. The topological polar surface area (TPSA) is 70.0 Å². The molecule has 1 saturated heterocycles. The van der Waals surface area contributed by atoms with Gasteiger partial charge in [0.25, 0.3) is 5.91 Å². The van der Waals surface area contributed by atoms with Crippen molar-refractivity contribution in [3.8, 4) is 0 Å². The van der Waals surface area contributed by atoms with Gasteiger partial charge in [0, 0.05) is 26.2 Å². The van der Waals surface area contributed by atoms with E-state index in [0.29, 0.717) is 22.4 Å². The summed E-state index contributed by atoms with van der Waals surface area (Å²) in [7, 11) is 0. The molecule has 1 aliphatic heterocycles. The third-order valence-electron chi connectivity index (χ3n) is 6.52. The molecule has 0 saturated carbocycles. The van der Waals surface area contributed by atoms with E-state index in [1.54, 1.807) is 12.2 Å². The van der Waals surface area contributed by atoms with E-state index in [9.17, 15) is 9.59 Å². The summed E-state index contributed by atoms with van der Waals surface area (Å²) in [5.74, 6) is -0.346. The first-order valence-corrected chi connectivity index (χ1v) is 13.4. The first kappa shape index (κ1) is 25.1. The number of aromatic nitrogens is 2. The summed E-state index contributed by atoms with van der Waals surface area (Å²) in [5.41, 5.74) is 2.14. The number of rotatable bonds is 11. The van der Waals surface area contributed by atoms with Crippen molar-refractivity contribution in [3.05, 3.63) is 51.8 Å². The van der Waals surface area contributed by atoms with Gasteiger partial charge in [0.1, 0.15) is 16.0 Å². The lowest BCUT2D eigenvalue weighted by Gasteiger charge is -2.21. The van der Waals surface area contributed by atoms with Crippen molar-refractivity contribution >= 4 is 50.9 Å². The Morgan fingerprint density at radius 3 is 2.51 bits per heavy atom. The minimum Gasteiger partial charge on any atom is -0.370 e. The number of hydrogen-bond donors (Lipinski definition) is 1. The number of nitrogens with one attached hydrogen (secondary N) is 1. The highest BCUT2D eigenvalue weighted by atomic mass is 32.1. The number of fused-ring (bicyclic) bond motifs is 3. The van der Waals surface area contributed by atoms with Gasteiger partial charge in [-0.1, -0.05) is 27.0 Å². The van der Waals surface area contributed by atoms with Gasteiger partial charge in [-0.15, -0.1) is 11.3 Å². The van der Waals surface area contributed by atoms with Crippen LogP contribution >= 0.6 is 11.3 Å². The highest BCUT2D eigenvalue weighted by molar-refractivity contribution is 7.19. The Hall–Kier alpha value is -2.97. The predicted octanol–water partition coefficient (Wildman–Crippen LogP) is 4.65. The molecule has 0 spiro atoms. The van der Waals surface area contributed by atoms with Crippen LogP contribution in [-0.2, 0) is 0 Å². The summed E-state index contributed by atoms with van der Waals surface area (Å²) in [6.45, 7) is 17.3. The van der Waals surface area contributed by atoms with Gasteiger partial charge in [0.2, 0.25) is 5.43 Å². The number of pyridine rings is 2. The van der Waals surface area contributed by atoms with Crippen molar-refractivity contribution in [2.24, 2.45) is 0 Å². The lowest BCUT2D eigenvalue weighted by Crippen LogP contribution is -2.37. The molecule has 0 atom stereocenters. The molecule has 1 fully saturated rings. The van der Waals surface area contributed by atoms with Gasteiger partial charge in [0.15, 0.2) is 0 Å². The zero-order valence-corrected chi connectivity index (χ0v) is 21.6. The third-order valence-corrected chi connectivity index (χ3v) is 7.70. The predicted molar refractivity (Wildman–Crippen MR) is 148 cm³/mol. The summed E-state index contributed by atoms with van der Waals surface area (Å²) in [6, 6.07) is 1.89. The molecule has 1 amide bonds. The standard InChI is InChI=1S/C27H35N5O2S/c1-5-12-30(13-6-2)16-11-28-26(34)23-24(33)20-17-19(31-14-9-10-15-31)18-29-25(20)32-21(7-3)22(8-4)35-27(23)32/h7-8,17-18H,3-6,9-16H2,1-2H3,(H,28,34). The van der Waals surface area contributed by atoms with E-state index in [-0.39, 0.29) is 16.9 Å². The van der Waals surface area contributed by atoms with Crippen LogP contribution in [0.2, 0.25) is 0 Å². The molecule has 1 N–H and O–H groups in total. The van der Waals surface area contributed by atoms with Crippen LogP contribution in [0.5, 0.6) is 0 Å². The van der Waals surface area contributed by atoms with Gasteiger partial charge in [-0.3, -0.25) is 14.0 Å². The smallest absolute Gasteiger partial charge is 0.258 e. The molecular weight excluding hydrogens is 458 g/mol. The Labute approximate surface area is 210 Å². The molecule has 4 heterocycles. The monoisotopic (exact) mass is 493 g/mol. The highest BCUT2D eigenvalue weighted by Gasteiger charge is 2.24. The molecule has 3 aromatic heterocycles. The fourth-order valence-corrected chi connectivity index (χ4v) is 6.02. The van der Waals surface area contributed by atoms with Crippen LogP contribution in [-0.4, -0.2) is 59.5 Å². The fourth-order valence-electron chi connectivity index (χ4n) is 4.89. The van der Waals surface area contributed by atoms with Gasteiger partial charge in [0.05, 0.1) is 27.8 Å². The molecule has 0 radical (unpaired) electrons. The molecule has 0 bridgehead atoms. The Morgan fingerprint density at radius 2 is 1.89 bits per heavy atom. The maximum Gasteiger partial charge on any atom is 0.258 e. The van der Waals surface area contributed by atoms with E-state index in [1.165, 1.54) is 11.3 Å². The lowest BCUT2D eigenvalue weighted by atomic mass is 10.1. The molecule has 0 aromatic carbocycles. The van der Waals surface area contributed by atoms with Crippen molar-refractivity contribution in [2.75, 3.05) is 44.2 Å². The zero-order chi connectivity index (χ0) is 24.9. The van der Waals surface area contributed by atoms with E-state index < -0.39 is 0 Å². The number of carbonyl (C=O) groups is 1. The van der Waals surface area contributed by atoms with Gasteiger partial charge < -0.3 is 15.1 Å². The molecular formula is C27H35N5O2S. The van der Waals surface area contributed by atoms with Crippen LogP contribution < -0.4 is 15.6 Å². The molecule has 186 valence electrons. The number of thiazole rings is 1. The van der Waals surface area contributed by atoms with Gasteiger partial charge in [-0.2, -0.15) is 0 Å². The maximum absolute atomic E-state index is 13.8. The summed E-state index contributed by atoms with van der Waals surface area (Å²) >= 11 is 1.37. The number of amides is 1. The molecule has 4 rings (SSSR count). The molecule has 0 aliphatic carbocycles. The molecule has 3 aromatic rings. The van der Waals surface area contributed by atoms with Crippen LogP contribution in [0.4, 0.5) is 5.69 Å². The summed E-state index contributed by atoms with van der Waals surface area (Å²) in [6.07, 6.45) is 9.69. The van der Waals surface area contributed by atoms with Gasteiger partial charge in [-0.25, -0.2) is 4.98 Å². The average molecular weight is 494 g/mol. The van der Waals surface area contributed by atoms with Crippen LogP contribution in [0, 0.1) is 0 Å². The van der Waals surface area contributed by atoms with Crippen molar-refractivity contribution in [1.29, 1.82) is 0 Å². The minimum absolute atomic E-state index is 0.164. The fraction of sp³-hybridized carbons (Fsp3) is 0.444. The molecule has 8 heteroatoms.